The van der Waals surface area contributed by atoms with Crippen molar-refractivity contribution < 1.29 is 21.6 Å². The molecular formula is C16H13ClF3NO2S. The summed E-state index contributed by atoms with van der Waals surface area (Å²) in [5, 5.41) is 0.0792. The third-order valence-electron chi connectivity index (χ3n) is 3.81. The van der Waals surface area contributed by atoms with Gasteiger partial charge in [-0.25, -0.2) is 21.6 Å². The van der Waals surface area contributed by atoms with Crippen LogP contribution in [-0.4, -0.2) is 18.8 Å². The molecule has 0 heterocycles. The molecule has 0 saturated heterocycles. The molecule has 0 unspecified atom stereocenters. The van der Waals surface area contributed by atoms with Crippen molar-refractivity contribution in [2.75, 3.05) is 0 Å². The fourth-order valence-corrected chi connectivity index (χ4v) is 4.37. The Morgan fingerprint density at radius 1 is 1.08 bits per heavy atom. The summed E-state index contributed by atoms with van der Waals surface area (Å²) >= 11 is 5.96. The zero-order valence-corrected chi connectivity index (χ0v) is 13.9. The summed E-state index contributed by atoms with van der Waals surface area (Å²) in [6.45, 7) is -0.339. The first-order valence-corrected chi connectivity index (χ1v) is 9.02. The predicted octanol–water partition coefficient (Wildman–Crippen LogP) is 4.11. The lowest BCUT2D eigenvalue weighted by Gasteiger charge is -2.23. The highest BCUT2D eigenvalue weighted by Gasteiger charge is 2.40. The highest BCUT2D eigenvalue weighted by Crippen LogP contribution is 2.35. The van der Waals surface area contributed by atoms with Crippen LogP contribution in [0.5, 0.6) is 0 Å². The van der Waals surface area contributed by atoms with E-state index >= 15 is 0 Å². The summed E-state index contributed by atoms with van der Waals surface area (Å²) in [7, 11) is -4.33. The molecule has 8 heteroatoms. The molecule has 0 aliphatic heterocycles. The summed E-state index contributed by atoms with van der Waals surface area (Å²) < 4.78 is 67.8. The Balaban J connectivity index is 2.04. The van der Waals surface area contributed by atoms with E-state index in [9.17, 15) is 21.6 Å². The number of sulfonamides is 1. The maximum absolute atomic E-state index is 14.0. The molecule has 1 saturated carbocycles. The number of halogens is 4. The standard InChI is InChI=1S/C16H13ClF3NO2S/c17-13-2-1-3-14(19)12(13)9-21(11-5-6-11)24(22,23)16-8-10(18)4-7-15(16)20/h1-4,7-8,11H,5-6,9H2. The Morgan fingerprint density at radius 3 is 2.42 bits per heavy atom. The average molecular weight is 376 g/mol. The van der Waals surface area contributed by atoms with Gasteiger partial charge in [0.25, 0.3) is 0 Å². The van der Waals surface area contributed by atoms with Crippen molar-refractivity contribution in [1.82, 2.24) is 4.31 Å². The molecule has 24 heavy (non-hydrogen) atoms. The van der Waals surface area contributed by atoms with Crippen LogP contribution in [0.3, 0.4) is 0 Å². The second-order valence-electron chi connectivity index (χ2n) is 5.56. The third-order valence-corrected chi connectivity index (χ3v) is 6.08. The van der Waals surface area contributed by atoms with Gasteiger partial charge in [-0.3, -0.25) is 0 Å². The first-order valence-electron chi connectivity index (χ1n) is 7.20. The van der Waals surface area contributed by atoms with Gasteiger partial charge >= 0.3 is 0 Å². The third kappa shape index (κ3) is 3.29. The smallest absolute Gasteiger partial charge is 0.207 e. The van der Waals surface area contributed by atoms with E-state index in [1.54, 1.807) is 0 Å². The van der Waals surface area contributed by atoms with Crippen LogP contribution in [0.2, 0.25) is 5.02 Å². The van der Waals surface area contributed by atoms with E-state index in [0.717, 1.165) is 16.4 Å². The maximum Gasteiger partial charge on any atom is 0.246 e. The van der Waals surface area contributed by atoms with Crippen LogP contribution in [0.4, 0.5) is 13.2 Å². The monoisotopic (exact) mass is 375 g/mol. The fraction of sp³-hybridized carbons (Fsp3) is 0.250. The van der Waals surface area contributed by atoms with Gasteiger partial charge < -0.3 is 0 Å². The predicted molar refractivity (Wildman–Crippen MR) is 83.5 cm³/mol. The van der Waals surface area contributed by atoms with Gasteiger partial charge in [-0.05, 0) is 43.2 Å². The quantitative estimate of drug-likeness (QED) is 0.788. The number of hydrogen-bond donors (Lipinski definition) is 0. The minimum atomic E-state index is -4.33. The summed E-state index contributed by atoms with van der Waals surface area (Å²) in [6.07, 6.45) is 1.14. The van der Waals surface area contributed by atoms with Crippen LogP contribution >= 0.6 is 11.6 Å². The summed E-state index contributed by atoms with van der Waals surface area (Å²) in [4.78, 5) is -0.762. The molecule has 3 nitrogen and oxygen atoms in total. The lowest BCUT2D eigenvalue weighted by molar-refractivity contribution is 0.388. The Kier molecular flexibility index (Phi) is 4.59. The minimum Gasteiger partial charge on any atom is -0.207 e. The molecule has 1 fully saturated rings. The van der Waals surface area contributed by atoms with Crippen molar-refractivity contribution in [1.29, 1.82) is 0 Å². The second kappa shape index (κ2) is 6.38. The molecule has 2 aromatic carbocycles. The van der Waals surface area contributed by atoms with Crippen molar-refractivity contribution in [3.63, 3.8) is 0 Å². The van der Waals surface area contributed by atoms with Gasteiger partial charge in [-0.15, -0.1) is 0 Å². The van der Waals surface area contributed by atoms with Gasteiger partial charge in [0.1, 0.15) is 22.3 Å². The van der Waals surface area contributed by atoms with Gasteiger partial charge in [0, 0.05) is 23.2 Å². The zero-order valence-electron chi connectivity index (χ0n) is 12.3. The summed E-state index contributed by atoms with van der Waals surface area (Å²) in [5.74, 6) is -2.57. The lowest BCUT2D eigenvalue weighted by Crippen LogP contribution is -2.33. The molecule has 0 bridgehead atoms. The fourth-order valence-electron chi connectivity index (χ4n) is 2.41. The van der Waals surface area contributed by atoms with Gasteiger partial charge in [0.05, 0.1) is 0 Å². The summed E-state index contributed by atoms with van der Waals surface area (Å²) in [6, 6.07) is 5.86. The van der Waals surface area contributed by atoms with E-state index in [1.165, 1.54) is 18.2 Å². The van der Waals surface area contributed by atoms with Crippen molar-refractivity contribution in [3.05, 3.63) is 64.4 Å². The number of benzene rings is 2. The highest BCUT2D eigenvalue weighted by molar-refractivity contribution is 7.89. The van der Waals surface area contributed by atoms with E-state index in [0.29, 0.717) is 18.9 Å². The molecule has 0 atom stereocenters. The van der Waals surface area contributed by atoms with Crippen molar-refractivity contribution in [2.24, 2.45) is 0 Å². The zero-order chi connectivity index (χ0) is 17.5. The largest absolute Gasteiger partial charge is 0.246 e. The lowest BCUT2D eigenvalue weighted by atomic mass is 10.2. The highest BCUT2D eigenvalue weighted by atomic mass is 35.5. The van der Waals surface area contributed by atoms with Gasteiger partial charge in [-0.1, -0.05) is 17.7 Å². The van der Waals surface area contributed by atoms with Crippen LogP contribution in [-0.2, 0) is 16.6 Å². The molecule has 128 valence electrons. The maximum atomic E-state index is 14.0. The number of nitrogens with zero attached hydrogens (tertiary/aromatic N) is 1. The average Bonchev–Trinajstić information content (AvgIpc) is 3.33. The van der Waals surface area contributed by atoms with Crippen molar-refractivity contribution in [3.8, 4) is 0 Å². The second-order valence-corrected chi connectivity index (χ2v) is 7.82. The molecular weight excluding hydrogens is 363 g/mol. The van der Waals surface area contributed by atoms with Crippen LogP contribution < -0.4 is 0 Å². The SMILES string of the molecule is O=S(=O)(c1cc(F)ccc1F)N(Cc1c(F)cccc1Cl)C1CC1. The molecule has 0 radical (unpaired) electrons. The Labute approximate surface area is 142 Å². The molecule has 0 aromatic heterocycles. The van der Waals surface area contributed by atoms with Crippen molar-refractivity contribution in [2.45, 2.75) is 30.3 Å². The van der Waals surface area contributed by atoms with Crippen LogP contribution in [0.25, 0.3) is 0 Å². The number of hydrogen-bond acceptors (Lipinski definition) is 2. The van der Waals surface area contributed by atoms with Crippen molar-refractivity contribution >= 4 is 21.6 Å². The van der Waals surface area contributed by atoms with E-state index in [1.807, 2.05) is 0 Å². The van der Waals surface area contributed by atoms with E-state index in [4.69, 9.17) is 11.6 Å². The summed E-state index contributed by atoms with van der Waals surface area (Å²) in [5.41, 5.74) is 0.00597. The first kappa shape index (κ1) is 17.3. The normalized spacial score (nSPS) is 15.0. The molecule has 1 aliphatic carbocycles. The molecule has 1 aliphatic rings. The van der Waals surface area contributed by atoms with Gasteiger partial charge in [0.2, 0.25) is 10.0 Å². The van der Waals surface area contributed by atoms with Gasteiger partial charge in [-0.2, -0.15) is 4.31 Å². The molecule has 0 N–H and O–H groups in total. The van der Waals surface area contributed by atoms with Gasteiger partial charge in [0.15, 0.2) is 0 Å². The molecule has 2 aromatic rings. The Hall–Kier alpha value is -1.57. The van der Waals surface area contributed by atoms with E-state index in [-0.39, 0.29) is 23.2 Å². The minimum absolute atomic E-state index is 0.00597. The number of rotatable bonds is 5. The van der Waals surface area contributed by atoms with Crippen LogP contribution in [0, 0.1) is 17.5 Å². The molecule has 0 amide bonds. The molecule has 0 spiro atoms. The van der Waals surface area contributed by atoms with Crippen LogP contribution in [0.15, 0.2) is 41.3 Å². The van der Waals surface area contributed by atoms with Crippen LogP contribution in [0.1, 0.15) is 18.4 Å². The first-order chi connectivity index (χ1) is 11.3. The Morgan fingerprint density at radius 2 is 1.79 bits per heavy atom. The Bertz CT molecular complexity index is 865. The molecule has 3 rings (SSSR count). The van der Waals surface area contributed by atoms with E-state index in [2.05, 4.69) is 0 Å². The topological polar surface area (TPSA) is 37.4 Å². The van der Waals surface area contributed by atoms with E-state index < -0.39 is 32.4 Å².